The number of sulfonamides is 1. The Bertz CT molecular complexity index is 1540. The highest BCUT2D eigenvalue weighted by molar-refractivity contribution is 7.92. The molecule has 0 N–H and O–H groups in total. The number of methoxy groups -OCH3 is 1. The minimum absolute atomic E-state index is 0.105. The number of pyridine rings is 1. The van der Waals surface area contributed by atoms with Crippen molar-refractivity contribution in [2.75, 3.05) is 11.4 Å². The first-order valence-electron chi connectivity index (χ1n) is 10.9. The molecule has 3 aromatic carbocycles. The predicted octanol–water partition coefficient (Wildman–Crippen LogP) is 5.62. The number of hydrogen-bond acceptors (Lipinski definition) is 6. The number of anilines is 1. The van der Waals surface area contributed by atoms with Gasteiger partial charge in [-0.15, -0.1) is 13.2 Å². The number of para-hydroxylation sites is 1. The first-order chi connectivity index (χ1) is 17.5. The molecule has 1 heterocycles. The highest BCUT2D eigenvalue weighted by Crippen LogP contribution is 2.31. The molecule has 0 aliphatic carbocycles. The summed E-state index contributed by atoms with van der Waals surface area (Å²) in [6, 6.07) is 19.2. The van der Waals surface area contributed by atoms with Gasteiger partial charge < -0.3 is 9.47 Å². The van der Waals surface area contributed by atoms with Crippen LogP contribution in [0.4, 0.5) is 19.0 Å². The van der Waals surface area contributed by atoms with Gasteiger partial charge in [0.05, 0.1) is 29.6 Å². The topological polar surface area (TPSA) is 85.8 Å². The lowest BCUT2D eigenvalue weighted by atomic mass is 10.1. The van der Waals surface area contributed by atoms with Crippen LogP contribution < -0.4 is 9.04 Å². The molecule has 37 heavy (non-hydrogen) atoms. The van der Waals surface area contributed by atoms with E-state index in [4.69, 9.17) is 0 Å². The zero-order valence-corrected chi connectivity index (χ0v) is 20.5. The monoisotopic (exact) mass is 530 g/mol. The number of alkyl halides is 3. The Balaban J connectivity index is 1.78. The van der Waals surface area contributed by atoms with Gasteiger partial charge in [0.2, 0.25) is 0 Å². The minimum Gasteiger partial charge on any atom is -0.465 e. The van der Waals surface area contributed by atoms with Gasteiger partial charge in [0.25, 0.3) is 10.0 Å². The van der Waals surface area contributed by atoms with Crippen molar-refractivity contribution in [3.8, 4) is 5.75 Å². The number of esters is 1. The maximum Gasteiger partial charge on any atom is 0.573 e. The number of nitrogens with zero attached hydrogens (tertiary/aromatic N) is 2. The Kier molecular flexibility index (Phi) is 7.08. The summed E-state index contributed by atoms with van der Waals surface area (Å²) in [5.74, 6) is -0.885. The van der Waals surface area contributed by atoms with Crippen LogP contribution in [0.25, 0.3) is 10.9 Å². The van der Waals surface area contributed by atoms with Gasteiger partial charge in [-0.2, -0.15) is 0 Å². The molecule has 0 spiro atoms. The van der Waals surface area contributed by atoms with Crippen molar-refractivity contribution in [1.29, 1.82) is 0 Å². The van der Waals surface area contributed by atoms with E-state index in [1.54, 1.807) is 25.1 Å². The van der Waals surface area contributed by atoms with E-state index in [0.29, 0.717) is 16.6 Å². The molecule has 0 bridgehead atoms. The summed E-state index contributed by atoms with van der Waals surface area (Å²) >= 11 is 0. The average Bonchev–Trinajstić information content (AvgIpc) is 2.86. The molecule has 4 rings (SSSR count). The Hall–Kier alpha value is -4.12. The molecule has 7 nitrogen and oxygen atoms in total. The number of carbonyl (C=O) groups is 1. The number of rotatable bonds is 7. The van der Waals surface area contributed by atoms with E-state index in [0.717, 1.165) is 21.8 Å². The van der Waals surface area contributed by atoms with Gasteiger partial charge in [0.15, 0.2) is 0 Å². The van der Waals surface area contributed by atoms with Gasteiger partial charge in [0, 0.05) is 5.39 Å². The van der Waals surface area contributed by atoms with E-state index < -0.39 is 28.1 Å². The van der Waals surface area contributed by atoms with Crippen LogP contribution in [0.2, 0.25) is 0 Å². The standard InChI is InChI=1S/C26H21F3N2O5S/c1-17-15-20-5-3-4-6-23(20)30-24(17)31(16-18-7-11-21(12-8-18)36-26(27,28)29)37(33,34)22-13-9-19(10-14-22)25(32)35-2/h3-15H,16H2,1-2H3. The molecular weight excluding hydrogens is 509 g/mol. The fourth-order valence-electron chi connectivity index (χ4n) is 3.71. The van der Waals surface area contributed by atoms with Crippen molar-refractivity contribution in [3.63, 3.8) is 0 Å². The Morgan fingerprint density at radius 1 is 0.973 bits per heavy atom. The van der Waals surface area contributed by atoms with E-state index in [1.807, 2.05) is 12.1 Å². The van der Waals surface area contributed by atoms with Crippen LogP contribution >= 0.6 is 0 Å². The number of carbonyl (C=O) groups excluding carboxylic acids is 1. The highest BCUT2D eigenvalue weighted by Gasteiger charge is 2.31. The van der Waals surface area contributed by atoms with Crippen LogP contribution in [-0.4, -0.2) is 32.8 Å². The molecule has 0 radical (unpaired) electrons. The third-order valence-electron chi connectivity index (χ3n) is 5.47. The maximum absolute atomic E-state index is 13.8. The molecule has 0 atom stereocenters. The predicted molar refractivity (Wildman–Crippen MR) is 131 cm³/mol. The smallest absolute Gasteiger partial charge is 0.465 e. The Labute approximate surface area is 211 Å². The van der Waals surface area contributed by atoms with Gasteiger partial charge in [0.1, 0.15) is 11.6 Å². The second kappa shape index (κ2) is 10.1. The average molecular weight is 531 g/mol. The minimum atomic E-state index is -4.85. The fraction of sp³-hybridized carbons (Fsp3) is 0.154. The number of ether oxygens (including phenoxy) is 2. The van der Waals surface area contributed by atoms with Gasteiger partial charge in [-0.1, -0.05) is 30.3 Å². The molecule has 0 aliphatic rings. The Morgan fingerprint density at radius 3 is 2.24 bits per heavy atom. The zero-order chi connectivity index (χ0) is 26.8. The van der Waals surface area contributed by atoms with Crippen LogP contribution in [0.1, 0.15) is 21.5 Å². The van der Waals surface area contributed by atoms with Gasteiger partial charge in [-0.3, -0.25) is 0 Å². The fourth-order valence-corrected chi connectivity index (χ4v) is 5.17. The largest absolute Gasteiger partial charge is 0.573 e. The molecular formula is C26H21F3N2O5S. The molecule has 0 saturated carbocycles. The SMILES string of the molecule is COC(=O)c1ccc(S(=O)(=O)N(Cc2ccc(OC(F)(F)F)cc2)c2nc3ccccc3cc2C)cc1. The van der Waals surface area contributed by atoms with E-state index in [9.17, 15) is 26.4 Å². The summed E-state index contributed by atoms with van der Waals surface area (Å²) in [5, 5.41) is 0.817. The van der Waals surface area contributed by atoms with Crippen LogP contribution in [0.5, 0.6) is 5.75 Å². The number of halogens is 3. The summed E-state index contributed by atoms with van der Waals surface area (Å²) < 4.78 is 74.9. The summed E-state index contributed by atoms with van der Waals surface area (Å²) in [5.41, 5.74) is 1.72. The molecule has 4 aromatic rings. The van der Waals surface area contributed by atoms with Gasteiger partial charge in [-0.05, 0) is 66.6 Å². The van der Waals surface area contributed by atoms with Gasteiger partial charge in [-0.25, -0.2) is 22.5 Å². The van der Waals surface area contributed by atoms with Crippen LogP contribution in [0.3, 0.4) is 0 Å². The molecule has 11 heteroatoms. The lowest BCUT2D eigenvalue weighted by Crippen LogP contribution is -2.32. The van der Waals surface area contributed by atoms with Crippen molar-refractivity contribution in [2.45, 2.75) is 24.7 Å². The second-order valence-corrected chi connectivity index (χ2v) is 9.90. The van der Waals surface area contributed by atoms with Crippen molar-refractivity contribution in [3.05, 3.63) is 95.6 Å². The molecule has 0 amide bonds. The number of benzene rings is 3. The molecule has 0 aliphatic heterocycles. The molecule has 192 valence electrons. The second-order valence-electron chi connectivity index (χ2n) is 8.04. The van der Waals surface area contributed by atoms with Crippen LogP contribution in [-0.2, 0) is 21.3 Å². The number of aromatic nitrogens is 1. The van der Waals surface area contributed by atoms with Crippen molar-refractivity contribution < 1.29 is 35.9 Å². The van der Waals surface area contributed by atoms with E-state index >= 15 is 0 Å². The van der Waals surface area contributed by atoms with Crippen molar-refractivity contribution in [2.24, 2.45) is 0 Å². The number of hydrogen-bond donors (Lipinski definition) is 0. The van der Waals surface area contributed by atoms with E-state index in [1.165, 1.54) is 43.5 Å². The summed E-state index contributed by atoms with van der Waals surface area (Å²) in [6.45, 7) is 1.50. The quantitative estimate of drug-likeness (QED) is 0.288. The van der Waals surface area contributed by atoms with Crippen LogP contribution in [0.15, 0.2) is 83.8 Å². The maximum atomic E-state index is 13.8. The van der Waals surface area contributed by atoms with Gasteiger partial charge >= 0.3 is 12.3 Å². The van der Waals surface area contributed by atoms with E-state index in [2.05, 4.69) is 14.5 Å². The molecule has 0 saturated heterocycles. The molecule has 1 aromatic heterocycles. The van der Waals surface area contributed by atoms with E-state index in [-0.39, 0.29) is 22.8 Å². The third kappa shape index (κ3) is 5.83. The molecule has 0 fully saturated rings. The van der Waals surface area contributed by atoms with Crippen molar-refractivity contribution >= 4 is 32.7 Å². The summed E-state index contributed by atoms with van der Waals surface area (Å²) in [7, 11) is -3.01. The first-order valence-corrected chi connectivity index (χ1v) is 12.3. The molecule has 0 unspecified atom stereocenters. The number of fused-ring (bicyclic) bond motifs is 1. The lowest BCUT2D eigenvalue weighted by molar-refractivity contribution is -0.274. The zero-order valence-electron chi connectivity index (χ0n) is 19.7. The highest BCUT2D eigenvalue weighted by atomic mass is 32.2. The summed E-state index contributed by atoms with van der Waals surface area (Å²) in [6.07, 6.45) is -4.85. The van der Waals surface area contributed by atoms with Crippen molar-refractivity contribution in [1.82, 2.24) is 4.98 Å². The first kappa shape index (κ1) is 26.0. The third-order valence-corrected chi connectivity index (χ3v) is 7.22. The normalized spacial score (nSPS) is 11.8. The lowest BCUT2D eigenvalue weighted by Gasteiger charge is -2.25. The Morgan fingerprint density at radius 2 is 1.62 bits per heavy atom. The number of aryl methyl sites for hydroxylation is 1. The summed E-state index contributed by atoms with van der Waals surface area (Å²) in [4.78, 5) is 16.3. The van der Waals surface area contributed by atoms with Crippen LogP contribution in [0, 0.1) is 6.92 Å².